The standard InChI is InChI=1S/C17H18ClN3O3S/c1-21(15-5-6-25(23,24)11-15)16-7-12(9-19-10-16)17(22)20-14-4-2-3-13(18)8-14/h2-4,7-10,15H,5-6,11H2,1H3,(H,20,22). The molecular formula is C17H18ClN3O3S. The number of hydrogen-bond acceptors (Lipinski definition) is 5. The molecule has 8 heteroatoms. The lowest BCUT2D eigenvalue weighted by Crippen LogP contribution is -2.32. The molecule has 2 heterocycles. The van der Waals surface area contributed by atoms with Crippen molar-refractivity contribution in [3.63, 3.8) is 0 Å². The van der Waals surface area contributed by atoms with Crippen molar-refractivity contribution in [3.05, 3.63) is 53.3 Å². The molecule has 1 aliphatic heterocycles. The lowest BCUT2D eigenvalue weighted by molar-refractivity contribution is 0.102. The minimum absolute atomic E-state index is 0.0990. The molecule has 1 unspecified atom stereocenters. The summed E-state index contributed by atoms with van der Waals surface area (Å²) in [4.78, 5) is 18.4. The average Bonchev–Trinajstić information content (AvgIpc) is 2.94. The Hall–Kier alpha value is -2.12. The van der Waals surface area contributed by atoms with Crippen molar-refractivity contribution < 1.29 is 13.2 Å². The highest BCUT2D eigenvalue weighted by atomic mass is 35.5. The maximum Gasteiger partial charge on any atom is 0.257 e. The number of carbonyl (C=O) groups excluding carboxylic acids is 1. The van der Waals surface area contributed by atoms with Gasteiger partial charge in [-0.2, -0.15) is 0 Å². The highest BCUT2D eigenvalue weighted by molar-refractivity contribution is 7.91. The third-order valence-corrected chi connectivity index (χ3v) is 6.22. The molecule has 132 valence electrons. The Labute approximate surface area is 151 Å². The number of pyridine rings is 1. The van der Waals surface area contributed by atoms with Gasteiger partial charge in [0, 0.05) is 30.0 Å². The molecule has 3 rings (SSSR count). The van der Waals surface area contributed by atoms with Crippen LogP contribution in [0, 0.1) is 0 Å². The van der Waals surface area contributed by atoms with Crippen LogP contribution in [0.4, 0.5) is 11.4 Å². The second-order valence-corrected chi connectivity index (χ2v) is 8.73. The molecule has 0 radical (unpaired) electrons. The zero-order chi connectivity index (χ0) is 18.0. The second-order valence-electron chi connectivity index (χ2n) is 6.06. The molecular weight excluding hydrogens is 362 g/mol. The maximum absolute atomic E-state index is 12.4. The average molecular weight is 380 g/mol. The van der Waals surface area contributed by atoms with Crippen LogP contribution in [0.25, 0.3) is 0 Å². The molecule has 0 spiro atoms. The van der Waals surface area contributed by atoms with Crippen LogP contribution in [0.15, 0.2) is 42.7 Å². The Morgan fingerprint density at radius 2 is 2.12 bits per heavy atom. The van der Waals surface area contributed by atoms with Crippen LogP contribution in [0.5, 0.6) is 0 Å². The number of amides is 1. The largest absolute Gasteiger partial charge is 0.369 e. The molecule has 1 aromatic carbocycles. The van der Waals surface area contributed by atoms with Crippen LogP contribution < -0.4 is 10.2 Å². The number of halogens is 1. The van der Waals surface area contributed by atoms with E-state index in [-0.39, 0.29) is 23.5 Å². The number of rotatable bonds is 4. The fourth-order valence-electron chi connectivity index (χ4n) is 2.81. The Kier molecular flexibility index (Phi) is 4.96. The maximum atomic E-state index is 12.4. The quantitative estimate of drug-likeness (QED) is 0.883. The number of benzene rings is 1. The van der Waals surface area contributed by atoms with Crippen LogP contribution in [0.3, 0.4) is 0 Å². The lowest BCUT2D eigenvalue weighted by Gasteiger charge is -2.25. The van der Waals surface area contributed by atoms with Gasteiger partial charge in [0.2, 0.25) is 0 Å². The van der Waals surface area contributed by atoms with Gasteiger partial charge in [0.05, 0.1) is 29.0 Å². The van der Waals surface area contributed by atoms with Crippen molar-refractivity contribution in [3.8, 4) is 0 Å². The number of anilines is 2. The van der Waals surface area contributed by atoms with Gasteiger partial charge in [-0.15, -0.1) is 0 Å². The molecule has 0 saturated carbocycles. The summed E-state index contributed by atoms with van der Waals surface area (Å²) in [6.45, 7) is 0. The smallest absolute Gasteiger partial charge is 0.257 e. The van der Waals surface area contributed by atoms with Gasteiger partial charge in [-0.1, -0.05) is 17.7 Å². The first-order valence-electron chi connectivity index (χ1n) is 7.79. The molecule has 0 aliphatic carbocycles. The summed E-state index contributed by atoms with van der Waals surface area (Å²) in [6, 6.07) is 8.49. The summed E-state index contributed by atoms with van der Waals surface area (Å²) in [5, 5.41) is 3.30. The molecule has 6 nitrogen and oxygen atoms in total. The monoisotopic (exact) mass is 379 g/mol. The van der Waals surface area contributed by atoms with Crippen LogP contribution in [-0.4, -0.2) is 43.9 Å². The van der Waals surface area contributed by atoms with E-state index in [2.05, 4.69) is 10.3 Å². The van der Waals surface area contributed by atoms with Gasteiger partial charge in [0.1, 0.15) is 0 Å². The summed E-state index contributed by atoms with van der Waals surface area (Å²) >= 11 is 5.92. The van der Waals surface area contributed by atoms with E-state index >= 15 is 0 Å². The van der Waals surface area contributed by atoms with Crippen LogP contribution in [0.1, 0.15) is 16.8 Å². The van der Waals surface area contributed by atoms with Gasteiger partial charge < -0.3 is 10.2 Å². The van der Waals surface area contributed by atoms with Gasteiger partial charge in [-0.25, -0.2) is 8.42 Å². The van der Waals surface area contributed by atoms with Crippen molar-refractivity contribution in [2.45, 2.75) is 12.5 Å². The number of sulfone groups is 1. The summed E-state index contributed by atoms with van der Waals surface area (Å²) < 4.78 is 23.3. The first-order valence-corrected chi connectivity index (χ1v) is 9.99. The normalized spacial score (nSPS) is 18.7. The van der Waals surface area contributed by atoms with Gasteiger partial charge in [0.25, 0.3) is 5.91 Å². The van der Waals surface area contributed by atoms with E-state index in [9.17, 15) is 13.2 Å². The molecule has 1 atom stereocenters. The van der Waals surface area contributed by atoms with Crippen molar-refractivity contribution in [1.29, 1.82) is 0 Å². The summed E-state index contributed by atoms with van der Waals surface area (Å²) in [5.74, 6) is 0.0244. The predicted octanol–water partition coefficient (Wildman–Crippen LogP) is 2.61. The zero-order valence-electron chi connectivity index (χ0n) is 13.6. The van der Waals surface area contributed by atoms with Gasteiger partial charge in [-0.3, -0.25) is 9.78 Å². The molecule has 1 fully saturated rings. The van der Waals surface area contributed by atoms with Gasteiger partial charge in [0.15, 0.2) is 9.84 Å². The SMILES string of the molecule is CN(c1cncc(C(=O)Nc2cccc(Cl)c2)c1)C1CCS(=O)(=O)C1. The van der Waals surface area contributed by atoms with Crippen molar-refractivity contribution in [1.82, 2.24) is 4.98 Å². The summed E-state index contributed by atoms with van der Waals surface area (Å²) in [6.07, 6.45) is 3.68. The summed E-state index contributed by atoms with van der Waals surface area (Å²) in [7, 11) is -1.15. The first kappa shape index (κ1) is 17.7. The van der Waals surface area contributed by atoms with E-state index in [0.717, 1.165) is 0 Å². The molecule has 0 bridgehead atoms. The molecule has 1 aliphatic rings. The second kappa shape index (κ2) is 7.01. The highest BCUT2D eigenvalue weighted by Crippen LogP contribution is 2.23. The highest BCUT2D eigenvalue weighted by Gasteiger charge is 2.31. The molecule has 25 heavy (non-hydrogen) atoms. The third kappa shape index (κ3) is 4.29. The molecule has 1 saturated heterocycles. The molecule has 1 amide bonds. The van der Waals surface area contributed by atoms with E-state index < -0.39 is 9.84 Å². The molecule has 2 aromatic rings. The minimum atomic E-state index is -2.97. The third-order valence-electron chi connectivity index (χ3n) is 4.23. The van der Waals surface area contributed by atoms with E-state index in [1.54, 1.807) is 36.5 Å². The van der Waals surface area contributed by atoms with Gasteiger partial charge in [-0.05, 0) is 30.7 Å². The number of hydrogen-bond donors (Lipinski definition) is 1. The van der Waals surface area contributed by atoms with Crippen molar-refractivity contribution >= 4 is 38.7 Å². The Balaban J connectivity index is 1.76. The Bertz CT molecular complexity index is 902. The Morgan fingerprint density at radius 1 is 1.32 bits per heavy atom. The van der Waals surface area contributed by atoms with E-state index in [1.807, 2.05) is 11.9 Å². The number of aromatic nitrogens is 1. The number of nitrogens with one attached hydrogen (secondary N) is 1. The zero-order valence-corrected chi connectivity index (χ0v) is 15.2. The van der Waals surface area contributed by atoms with E-state index in [4.69, 9.17) is 11.6 Å². The van der Waals surface area contributed by atoms with Gasteiger partial charge >= 0.3 is 0 Å². The number of carbonyl (C=O) groups is 1. The topological polar surface area (TPSA) is 79.4 Å². The fourth-order valence-corrected chi connectivity index (χ4v) is 4.77. The van der Waals surface area contributed by atoms with Crippen LogP contribution >= 0.6 is 11.6 Å². The predicted molar refractivity (Wildman–Crippen MR) is 99.1 cm³/mol. The fraction of sp³-hybridized carbons (Fsp3) is 0.294. The number of nitrogens with zero attached hydrogens (tertiary/aromatic N) is 2. The Morgan fingerprint density at radius 3 is 2.80 bits per heavy atom. The lowest BCUT2D eigenvalue weighted by atomic mass is 10.2. The van der Waals surface area contributed by atoms with Crippen molar-refractivity contribution in [2.75, 3.05) is 28.8 Å². The van der Waals surface area contributed by atoms with Crippen LogP contribution in [0.2, 0.25) is 5.02 Å². The summed E-state index contributed by atoms with van der Waals surface area (Å²) in [5.41, 5.74) is 1.70. The molecule has 1 N–H and O–H groups in total. The van der Waals surface area contributed by atoms with E-state index in [1.165, 1.54) is 6.20 Å². The molecule has 1 aromatic heterocycles. The first-order chi connectivity index (χ1) is 11.8. The van der Waals surface area contributed by atoms with Crippen molar-refractivity contribution in [2.24, 2.45) is 0 Å². The van der Waals surface area contributed by atoms with Crippen LogP contribution in [-0.2, 0) is 9.84 Å². The van der Waals surface area contributed by atoms with E-state index in [0.29, 0.717) is 28.4 Å². The minimum Gasteiger partial charge on any atom is -0.369 e.